The number of benzene rings is 1. The maximum Gasteiger partial charge on any atom is 0.253 e. The van der Waals surface area contributed by atoms with Crippen molar-refractivity contribution in [2.75, 3.05) is 0 Å². The van der Waals surface area contributed by atoms with Gasteiger partial charge < -0.3 is 5.32 Å². The molecule has 0 saturated heterocycles. The summed E-state index contributed by atoms with van der Waals surface area (Å²) in [6.07, 6.45) is 2.85. The van der Waals surface area contributed by atoms with Gasteiger partial charge in [0.05, 0.1) is 17.8 Å². The van der Waals surface area contributed by atoms with E-state index in [0.29, 0.717) is 16.8 Å². The number of carbonyl (C=O) groups is 1. The van der Waals surface area contributed by atoms with E-state index in [1.165, 1.54) is 35.3 Å². The van der Waals surface area contributed by atoms with Gasteiger partial charge in [-0.15, -0.1) is 0 Å². The van der Waals surface area contributed by atoms with E-state index in [9.17, 15) is 13.6 Å². The van der Waals surface area contributed by atoms with Crippen LogP contribution in [0.4, 0.5) is 8.78 Å². The second-order valence-electron chi connectivity index (χ2n) is 5.93. The molecule has 0 spiro atoms. The standard InChI is InChI=1S/C19H15F2N5O/c1-11(25-19(27)13-3-5-15(8-22)23-9-13)16-10-24-26(12(16)2)18-6-4-14(20)7-17(18)21/h3-7,9-11H,1-2H3,(H,25,27)/t11-/m1/s1. The average molecular weight is 367 g/mol. The Bertz CT molecular complexity index is 1040. The zero-order valence-electron chi connectivity index (χ0n) is 14.6. The number of hydrogen-bond acceptors (Lipinski definition) is 4. The Morgan fingerprint density at radius 1 is 1.26 bits per heavy atom. The van der Waals surface area contributed by atoms with Crippen LogP contribution in [0.5, 0.6) is 0 Å². The maximum atomic E-state index is 14.0. The zero-order chi connectivity index (χ0) is 19.6. The van der Waals surface area contributed by atoms with Crippen LogP contribution in [0.2, 0.25) is 0 Å². The Hall–Kier alpha value is -3.60. The highest BCUT2D eigenvalue weighted by atomic mass is 19.1. The van der Waals surface area contributed by atoms with Gasteiger partial charge in [-0.1, -0.05) is 0 Å². The van der Waals surface area contributed by atoms with Crippen LogP contribution in [0, 0.1) is 29.9 Å². The van der Waals surface area contributed by atoms with Crippen LogP contribution in [0.15, 0.2) is 42.7 Å². The van der Waals surface area contributed by atoms with Crippen LogP contribution in [0.25, 0.3) is 5.69 Å². The van der Waals surface area contributed by atoms with Crippen molar-refractivity contribution in [2.24, 2.45) is 0 Å². The van der Waals surface area contributed by atoms with Crippen LogP contribution in [-0.2, 0) is 0 Å². The minimum atomic E-state index is -0.729. The molecule has 0 unspecified atom stereocenters. The molecule has 1 amide bonds. The van der Waals surface area contributed by atoms with Gasteiger partial charge in [0.15, 0.2) is 5.82 Å². The number of rotatable bonds is 4. The molecule has 6 nitrogen and oxygen atoms in total. The lowest BCUT2D eigenvalue weighted by molar-refractivity contribution is 0.0939. The number of amides is 1. The summed E-state index contributed by atoms with van der Waals surface area (Å²) in [6, 6.07) is 7.70. The lowest BCUT2D eigenvalue weighted by Gasteiger charge is -2.14. The molecule has 0 aliphatic rings. The lowest BCUT2D eigenvalue weighted by atomic mass is 10.1. The summed E-state index contributed by atoms with van der Waals surface area (Å²) in [7, 11) is 0. The van der Waals surface area contributed by atoms with Crippen LogP contribution >= 0.6 is 0 Å². The van der Waals surface area contributed by atoms with Gasteiger partial charge in [0.2, 0.25) is 0 Å². The van der Waals surface area contributed by atoms with E-state index >= 15 is 0 Å². The molecule has 2 aromatic heterocycles. The smallest absolute Gasteiger partial charge is 0.253 e. The summed E-state index contributed by atoms with van der Waals surface area (Å²) in [4.78, 5) is 16.2. The molecule has 3 rings (SSSR count). The molecule has 1 atom stereocenters. The number of nitrogens with zero attached hydrogens (tertiary/aromatic N) is 4. The fourth-order valence-corrected chi connectivity index (χ4v) is 2.70. The van der Waals surface area contributed by atoms with Gasteiger partial charge in [0.1, 0.15) is 23.3 Å². The molecule has 0 aliphatic heterocycles. The van der Waals surface area contributed by atoms with Crippen molar-refractivity contribution in [3.05, 3.63) is 76.9 Å². The summed E-state index contributed by atoms with van der Waals surface area (Å²) in [5.41, 5.74) is 1.96. The fourth-order valence-electron chi connectivity index (χ4n) is 2.70. The highest BCUT2D eigenvalue weighted by molar-refractivity contribution is 5.94. The summed E-state index contributed by atoms with van der Waals surface area (Å²) in [5.74, 6) is -1.76. The van der Waals surface area contributed by atoms with E-state index in [0.717, 1.165) is 12.1 Å². The number of aromatic nitrogens is 3. The number of nitrogens with one attached hydrogen (secondary N) is 1. The van der Waals surface area contributed by atoms with Gasteiger partial charge in [-0.05, 0) is 38.1 Å². The quantitative estimate of drug-likeness (QED) is 0.767. The number of hydrogen-bond donors (Lipinski definition) is 1. The summed E-state index contributed by atoms with van der Waals surface area (Å²) >= 11 is 0. The molecular weight excluding hydrogens is 352 g/mol. The Balaban J connectivity index is 1.81. The number of nitriles is 1. The normalized spacial score (nSPS) is 11.7. The first-order chi connectivity index (χ1) is 12.9. The molecule has 8 heteroatoms. The van der Waals surface area contributed by atoms with Crippen molar-refractivity contribution in [2.45, 2.75) is 19.9 Å². The van der Waals surface area contributed by atoms with Gasteiger partial charge in [-0.3, -0.25) is 4.79 Å². The zero-order valence-corrected chi connectivity index (χ0v) is 14.6. The number of carbonyl (C=O) groups excluding carboxylic acids is 1. The third kappa shape index (κ3) is 3.67. The Morgan fingerprint density at radius 2 is 2.04 bits per heavy atom. The van der Waals surface area contributed by atoms with Crippen LogP contribution in [-0.4, -0.2) is 20.7 Å². The summed E-state index contributed by atoms with van der Waals surface area (Å²) in [5, 5.41) is 15.7. The molecule has 0 saturated carbocycles. The molecule has 0 bridgehead atoms. The van der Waals surface area contributed by atoms with E-state index in [1.807, 2.05) is 6.07 Å². The maximum absolute atomic E-state index is 14.0. The summed E-state index contributed by atoms with van der Waals surface area (Å²) < 4.78 is 28.5. The molecule has 1 N–H and O–H groups in total. The van der Waals surface area contributed by atoms with Crippen molar-refractivity contribution in [1.29, 1.82) is 5.26 Å². The molecule has 0 aliphatic carbocycles. The van der Waals surface area contributed by atoms with Crippen molar-refractivity contribution in [3.63, 3.8) is 0 Å². The molecule has 136 valence electrons. The van der Waals surface area contributed by atoms with Gasteiger partial charge in [-0.25, -0.2) is 18.4 Å². The van der Waals surface area contributed by atoms with Crippen molar-refractivity contribution >= 4 is 5.91 Å². The first-order valence-electron chi connectivity index (χ1n) is 8.07. The van der Waals surface area contributed by atoms with E-state index < -0.39 is 17.7 Å². The summed E-state index contributed by atoms with van der Waals surface area (Å²) in [6.45, 7) is 3.50. The number of halogens is 2. The van der Waals surface area contributed by atoms with Gasteiger partial charge in [-0.2, -0.15) is 10.4 Å². The Morgan fingerprint density at radius 3 is 2.67 bits per heavy atom. The van der Waals surface area contributed by atoms with Crippen LogP contribution < -0.4 is 5.32 Å². The Kier molecular flexibility index (Phi) is 4.94. The molecule has 2 heterocycles. The van der Waals surface area contributed by atoms with Crippen molar-refractivity contribution < 1.29 is 13.6 Å². The van der Waals surface area contributed by atoms with E-state index in [1.54, 1.807) is 13.8 Å². The third-order valence-corrected chi connectivity index (χ3v) is 4.14. The molecule has 0 radical (unpaired) electrons. The van der Waals surface area contributed by atoms with E-state index in [2.05, 4.69) is 15.4 Å². The van der Waals surface area contributed by atoms with E-state index in [4.69, 9.17) is 5.26 Å². The average Bonchev–Trinajstić information content (AvgIpc) is 3.03. The highest BCUT2D eigenvalue weighted by Crippen LogP contribution is 2.22. The number of pyridine rings is 1. The minimum Gasteiger partial charge on any atom is -0.345 e. The van der Waals surface area contributed by atoms with Gasteiger partial charge in [0.25, 0.3) is 5.91 Å². The lowest BCUT2D eigenvalue weighted by Crippen LogP contribution is -2.27. The SMILES string of the molecule is Cc1c([C@@H](C)NC(=O)c2ccc(C#N)nc2)cnn1-c1ccc(F)cc1F. The molecular formula is C19H15F2N5O. The van der Waals surface area contributed by atoms with Crippen LogP contribution in [0.3, 0.4) is 0 Å². The molecule has 3 aromatic rings. The highest BCUT2D eigenvalue weighted by Gasteiger charge is 2.18. The topological polar surface area (TPSA) is 83.6 Å². The predicted molar refractivity (Wildman–Crippen MR) is 93.1 cm³/mol. The van der Waals surface area contributed by atoms with E-state index in [-0.39, 0.29) is 17.3 Å². The molecule has 27 heavy (non-hydrogen) atoms. The second kappa shape index (κ2) is 7.33. The van der Waals surface area contributed by atoms with Crippen molar-refractivity contribution in [3.8, 4) is 11.8 Å². The first-order valence-corrected chi connectivity index (χ1v) is 8.07. The fraction of sp³-hybridized carbons (Fsp3) is 0.158. The minimum absolute atomic E-state index is 0.120. The van der Waals surface area contributed by atoms with Gasteiger partial charge in [0, 0.05) is 23.5 Å². The second-order valence-corrected chi connectivity index (χ2v) is 5.93. The third-order valence-electron chi connectivity index (χ3n) is 4.14. The van der Waals surface area contributed by atoms with Gasteiger partial charge >= 0.3 is 0 Å². The molecule has 0 fully saturated rings. The van der Waals surface area contributed by atoms with Crippen LogP contribution in [0.1, 0.15) is 40.3 Å². The monoisotopic (exact) mass is 367 g/mol. The Labute approximate surface area is 154 Å². The largest absolute Gasteiger partial charge is 0.345 e. The predicted octanol–water partition coefficient (Wildman–Crippen LogP) is 3.22. The first kappa shape index (κ1) is 18.2. The van der Waals surface area contributed by atoms with Crippen molar-refractivity contribution in [1.82, 2.24) is 20.1 Å². The molecule has 1 aromatic carbocycles.